The van der Waals surface area contributed by atoms with Crippen LogP contribution in [0.3, 0.4) is 0 Å². The summed E-state index contributed by atoms with van der Waals surface area (Å²) in [6.07, 6.45) is 5.32. The molecule has 1 amide bonds. The average Bonchev–Trinajstić information content (AvgIpc) is 3.40. The van der Waals surface area contributed by atoms with E-state index in [1.165, 1.54) is 24.5 Å². The molecular formula is C26H27ClFN5O7. The number of ether oxygens (including phenoxy) is 2. The molecule has 0 unspecified atom stereocenters. The number of carbonyl (C=O) groups is 3. The smallest absolute Gasteiger partial charge is 0.414 e. The Bertz CT molecular complexity index is 1400. The highest BCUT2D eigenvalue weighted by atomic mass is 35.5. The zero-order valence-corrected chi connectivity index (χ0v) is 22.3. The predicted octanol–water partition coefficient (Wildman–Crippen LogP) is 3.55. The van der Waals surface area contributed by atoms with E-state index in [1.54, 1.807) is 24.3 Å². The summed E-state index contributed by atoms with van der Waals surface area (Å²) in [7, 11) is 3.84. The van der Waals surface area contributed by atoms with Gasteiger partial charge in [-0.1, -0.05) is 17.7 Å². The van der Waals surface area contributed by atoms with Crippen LogP contribution in [0.15, 0.2) is 48.8 Å². The third-order valence-corrected chi connectivity index (χ3v) is 5.57. The van der Waals surface area contributed by atoms with Crippen molar-refractivity contribution in [3.05, 3.63) is 59.7 Å². The number of hydrogen-bond donors (Lipinski definition) is 4. The molecule has 1 aliphatic rings. The molecule has 0 saturated carbocycles. The summed E-state index contributed by atoms with van der Waals surface area (Å²) >= 11 is 5.91. The van der Waals surface area contributed by atoms with Gasteiger partial charge < -0.3 is 35.2 Å². The van der Waals surface area contributed by atoms with Crippen molar-refractivity contribution >= 4 is 57.5 Å². The molecule has 1 aliphatic heterocycles. The van der Waals surface area contributed by atoms with Gasteiger partial charge in [-0.05, 0) is 38.4 Å². The Morgan fingerprint density at radius 3 is 2.58 bits per heavy atom. The first kappa shape index (κ1) is 30.2. The van der Waals surface area contributed by atoms with Crippen LogP contribution in [0.25, 0.3) is 10.9 Å². The van der Waals surface area contributed by atoms with Crippen LogP contribution in [0.1, 0.15) is 6.42 Å². The van der Waals surface area contributed by atoms with Gasteiger partial charge in [-0.15, -0.1) is 0 Å². The topological polar surface area (TPSA) is 163 Å². The highest BCUT2D eigenvalue weighted by molar-refractivity contribution is 6.31. The van der Waals surface area contributed by atoms with E-state index < -0.39 is 17.8 Å². The van der Waals surface area contributed by atoms with Crippen molar-refractivity contribution in [3.8, 4) is 5.75 Å². The second-order valence-corrected chi connectivity index (χ2v) is 9.12. The molecule has 3 aromatic rings. The van der Waals surface area contributed by atoms with Gasteiger partial charge in [0.15, 0.2) is 0 Å². The molecule has 0 aliphatic carbocycles. The Morgan fingerprint density at radius 2 is 1.95 bits per heavy atom. The van der Waals surface area contributed by atoms with Crippen LogP contribution in [-0.2, 0) is 19.1 Å². The van der Waals surface area contributed by atoms with E-state index in [-0.39, 0.29) is 17.0 Å². The minimum Gasteiger partial charge on any atom is -0.486 e. The molecule has 0 radical (unpaired) electrons. The lowest BCUT2D eigenvalue weighted by Gasteiger charge is -2.17. The lowest BCUT2D eigenvalue weighted by molar-refractivity contribution is -0.159. The van der Waals surface area contributed by atoms with Crippen molar-refractivity contribution in [1.29, 1.82) is 0 Å². The summed E-state index contributed by atoms with van der Waals surface area (Å²) in [6, 6.07) is 7.82. The number of halogens is 2. The average molecular weight is 576 g/mol. The number of rotatable bonds is 8. The first-order valence-corrected chi connectivity index (χ1v) is 12.2. The maximum absolute atomic E-state index is 13.6. The number of hydrogen-bond acceptors (Lipinski definition) is 9. The molecule has 14 heteroatoms. The quantitative estimate of drug-likeness (QED) is 0.229. The minimum atomic E-state index is -1.82. The maximum Gasteiger partial charge on any atom is 0.414 e. The standard InChI is InChI=1S/C24H25ClFN5O3.C2H2O4/c1-31(2)8-3-4-23(32)30-21-11-17-20(12-22(21)34-16-7-9-33-13-16)27-14-28-24(17)29-15-5-6-19(26)18(25)10-15;3-1(4)2(5)6/h3-6,10-12,14,16H,7-9,13H2,1-2H3,(H,30,32)(H,27,28,29);(H,3,4)(H,5,6)/b4-3+;/t16-;/m0./s1. The van der Waals surface area contributed by atoms with E-state index in [0.717, 1.165) is 6.42 Å². The molecule has 1 atom stereocenters. The molecule has 1 saturated heterocycles. The Kier molecular flexibility index (Phi) is 10.7. The largest absolute Gasteiger partial charge is 0.486 e. The Labute approximate surface area is 233 Å². The summed E-state index contributed by atoms with van der Waals surface area (Å²) in [5.74, 6) is -3.48. The zero-order valence-electron chi connectivity index (χ0n) is 21.6. The van der Waals surface area contributed by atoms with Crippen molar-refractivity contribution in [1.82, 2.24) is 14.9 Å². The van der Waals surface area contributed by atoms with Crippen molar-refractivity contribution in [3.63, 3.8) is 0 Å². The summed E-state index contributed by atoms with van der Waals surface area (Å²) in [6.45, 7) is 1.75. The molecule has 2 heterocycles. The van der Waals surface area contributed by atoms with Gasteiger partial charge in [0.05, 0.1) is 29.4 Å². The molecule has 1 fully saturated rings. The van der Waals surface area contributed by atoms with Crippen LogP contribution >= 0.6 is 11.6 Å². The van der Waals surface area contributed by atoms with Gasteiger partial charge in [0.25, 0.3) is 0 Å². The van der Waals surface area contributed by atoms with Gasteiger partial charge in [-0.25, -0.2) is 23.9 Å². The summed E-state index contributed by atoms with van der Waals surface area (Å²) in [5, 5.41) is 21.5. The molecule has 12 nitrogen and oxygen atoms in total. The maximum atomic E-state index is 13.6. The fourth-order valence-corrected chi connectivity index (χ4v) is 3.60. The number of nitrogens with one attached hydrogen (secondary N) is 2. The molecule has 40 heavy (non-hydrogen) atoms. The van der Waals surface area contributed by atoms with Crippen molar-refractivity contribution in [2.45, 2.75) is 12.5 Å². The summed E-state index contributed by atoms with van der Waals surface area (Å²) < 4.78 is 25.1. The molecule has 2 aromatic carbocycles. The first-order chi connectivity index (χ1) is 19.0. The number of carbonyl (C=O) groups excluding carboxylic acids is 1. The van der Waals surface area contributed by atoms with Crippen LogP contribution in [0.5, 0.6) is 5.75 Å². The molecular weight excluding hydrogens is 549 g/mol. The first-order valence-electron chi connectivity index (χ1n) is 11.9. The number of fused-ring (bicyclic) bond motifs is 1. The Balaban J connectivity index is 0.000000663. The van der Waals surface area contributed by atoms with Gasteiger partial charge in [0.1, 0.15) is 29.8 Å². The van der Waals surface area contributed by atoms with Gasteiger partial charge in [-0.2, -0.15) is 0 Å². The van der Waals surface area contributed by atoms with Crippen molar-refractivity contribution < 1.29 is 38.5 Å². The van der Waals surface area contributed by atoms with Crippen molar-refractivity contribution in [2.24, 2.45) is 0 Å². The molecule has 4 N–H and O–H groups in total. The van der Waals surface area contributed by atoms with Crippen molar-refractivity contribution in [2.75, 3.05) is 44.5 Å². The Hall–Kier alpha value is -4.33. The lowest BCUT2D eigenvalue weighted by Crippen LogP contribution is -2.18. The lowest BCUT2D eigenvalue weighted by atomic mass is 10.1. The highest BCUT2D eigenvalue weighted by Crippen LogP contribution is 2.35. The number of nitrogens with zero attached hydrogens (tertiary/aromatic N) is 3. The monoisotopic (exact) mass is 575 g/mol. The number of carboxylic acid groups (broad SMARTS) is 2. The number of aliphatic carboxylic acids is 2. The van der Waals surface area contributed by atoms with E-state index in [1.807, 2.05) is 19.0 Å². The molecule has 1 aromatic heterocycles. The zero-order chi connectivity index (χ0) is 29.2. The molecule has 0 spiro atoms. The summed E-state index contributed by atoms with van der Waals surface area (Å²) in [4.78, 5) is 41.4. The third-order valence-electron chi connectivity index (χ3n) is 5.28. The number of likely N-dealkylation sites (N-methyl/N-ethyl adjacent to an activating group) is 1. The number of benzene rings is 2. The van der Waals surface area contributed by atoms with Crippen LogP contribution < -0.4 is 15.4 Å². The van der Waals surface area contributed by atoms with E-state index in [9.17, 15) is 9.18 Å². The van der Waals surface area contributed by atoms with Gasteiger partial charge in [-0.3, -0.25) is 4.79 Å². The number of carboxylic acids is 2. The van der Waals surface area contributed by atoms with Gasteiger partial charge >= 0.3 is 11.9 Å². The second-order valence-electron chi connectivity index (χ2n) is 8.71. The third kappa shape index (κ3) is 8.86. The van der Waals surface area contributed by atoms with Gasteiger partial charge in [0.2, 0.25) is 5.91 Å². The SMILES string of the molecule is CN(C)C/C=C/C(=O)Nc1cc2c(Nc3ccc(F)c(Cl)c3)ncnc2cc1O[C@H]1CCOC1.O=C(O)C(=O)O. The normalized spacial score (nSPS) is 14.6. The van der Waals surface area contributed by atoms with Gasteiger partial charge in [0, 0.05) is 36.2 Å². The minimum absolute atomic E-state index is 0.00436. The van der Waals surface area contributed by atoms with E-state index >= 15 is 0 Å². The molecule has 0 bridgehead atoms. The second kappa shape index (κ2) is 14.2. The van der Waals surface area contributed by atoms with Crippen LogP contribution in [-0.4, -0.2) is 82.9 Å². The fraction of sp³-hybridized carbons (Fsp3) is 0.269. The molecule has 212 valence electrons. The highest BCUT2D eigenvalue weighted by Gasteiger charge is 2.21. The number of amides is 1. The van der Waals surface area contributed by atoms with Crippen LogP contribution in [0, 0.1) is 5.82 Å². The van der Waals surface area contributed by atoms with E-state index in [2.05, 4.69) is 20.6 Å². The van der Waals surface area contributed by atoms with E-state index in [0.29, 0.717) is 53.6 Å². The van der Waals surface area contributed by atoms with Crippen LogP contribution in [0.2, 0.25) is 5.02 Å². The number of anilines is 3. The number of aromatic nitrogens is 2. The molecule has 4 rings (SSSR count). The predicted molar refractivity (Wildman–Crippen MR) is 146 cm³/mol. The van der Waals surface area contributed by atoms with Crippen LogP contribution in [0.4, 0.5) is 21.6 Å². The fourth-order valence-electron chi connectivity index (χ4n) is 3.42. The Morgan fingerprint density at radius 1 is 1.20 bits per heavy atom. The van der Waals surface area contributed by atoms with E-state index in [4.69, 9.17) is 40.9 Å². The summed E-state index contributed by atoms with van der Waals surface area (Å²) in [5.41, 5.74) is 1.65.